The lowest BCUT2D eigenvalue weighted by molar-refractivity contribution is -0.137. The van der Waals surface area contributed by atoms with E-state index in [1.165, 1.54) is 29.9 Å². The van der Waals surface area contributed by atoms with E-state index in [0.717, 1.165) is 13.0 Å². The van der Waals surface area contributed by atoms with E-state index >= 15 is 0 Å². The number of anilines is 1. The number of hydrogen-bond acceptors (Lipinski definition) is 4. The predicted molar refractivity (Wildman–Crippen MR) is 77.2 cm³/mol. The Bertz CT molecular complexity index is 502. The van der Waals surface area contributed by atoms with Crippen LogP contribution in [0, 0.1) is 0 Å². The summed E-state index contributed by atoms with van der Waals surface area (Å²) >= 11 is 0. The molecule has 1 aromatic heterocycles. The Balaban J connectivity index is 1.76. The Kier molecular flexibility index (Phi) is 5.15. The van der Waals surface area contributed by atoms with Gasteiger partial charge in [0.2, 0.25) is 0 Å². The van der Waals surface area contributed by atoms with Gasteiger partial charge >= 0.3 is 12.0 Å². The maximum Gasteiger partial charge on any atom is 0.325 e. The topological polar surface area (TPSA) is 99.5 Å². The summed E-state index contributed by atoms with van der Waals surface area (Å²) in [6, 6.07) is 0.0723. The first-order chi connectivity index (χ1) is 10.0. The molecule has 21 heavy (non-hydrogen) atoms. The molecule has 8 nitrogen and oxygen atoms in total. The van der Waals surface area contributed by atoms with E-state index in [2.05, 4.69) is 27.7 Å². The van der Waals surface area contributed by atoms with Gasteiger partial charge in [-0.15, -0.1) is 0 Å². The molecule has 1 aliphatic rings. The summed E-state index contributed by atoms with van der Waals surface area (Å²) in [6.45, 7) is 1.44. The standard InChI is InChI=1S/C13H21N5O3/c1-17-5-3-2-4-11(17)7-14-13(21)16-10-6-15-18(8-10)9-12(19)20/h6,8,11H,2-5,7,9H2,1H3,(H,19,20)(H2,14,16,21). The average molecular weight is 295 g/mol. The van der Waals surface area contributed by atoms with Crippen LogP contribution in [0.2, 0.25) is 0 Å². The molecule has 0 spiro atoms. The van der Waals surface area contributed by atoms with Crippen LogP contribution in [0.4, 0.5) is 10.5 Å². The van der Waals surface area contributed by atoms with Gasteiger partial charge in [-0.1, -0.05) is 6.42 Å². The Morgan fingerprint density at radius 1 is 1.48 bits per heavy atom. The molecule has 0 aromatic carbocycles. The average Bonchev–Trinajstić information content (AvgIpc) is 2.84. The SMILES string of the molecule is CN1CCCCC1CNC(=O)Nc1cnn(CC(=O)O)c1. The van der Waals surface area contributed by atoms with Gasteiger partial charge in [0, 0.05) is 18.8 Å². The number of nitrogens with zero attached hydrogens (tertiary/aromatic N) is 3. The van der Waals surface area contributed by atoms with E-state index in [0.29, 0.717) is 18.3 Å². The van der Waals surface area contributed by atoms with Crippen molar-refractivity contribution < 1.29 is 14.7 Å². The van der Waals surface area contributed by atoms with Crippen LogP contribution in [-0.2, 0) is 11.3 Å². The molecule has 0 saturated carbocycles. The van der Waals surface area contributed by atoms with Gasteiger partial charge in [0.25, 0.3) is 0 Å². The molecule has 116 valence electrons. The third kappa shape index (κ3) is 4.75. The van der Waals surface area contributed by atoms with Crippen molar-refractivity contribution in [1.82, 2.24) is 20.0 Å². The summed E-state index contributed by atoms with van der Waals surface area (Å²) in [5, 5.41) is 18.0. The van der Waals surface area contributed by atoms with Crippen molar-refractivity contribution in [2.24, 2.45) is 0 Å². The molecule has 2 rings (SSSR count). The van der Waals surface area contributed by atoms with Crippen LogP contribution in [0.1, 0.15) is 19.3 Å². The Hall–Kier alpha value is -2.09. The van der Waals surface area contributed by atoms with Gasteiger partial charge in [-0.05, 0) is 26.4 Å². The third-order valence-electron chi connectivity index (χ3n) is 3.61. The number of carboxylic acids is 1. The molecule has 2 heterocycles. The van der Waals surface area contributed by atoms with Crippen molar-refractivity contribution in [1.29, 1.82) is 0 Å². The number of carboxylic acid groups (broad SMARTS) is 1. The zero-order valence-electron chi connectivity index (χ0n) is 12.1. The fourth-order valence-corrected chi connectivity index (χ4v) is 2.44. The lowest BCUT2D eigenvalue weighted by Gasteiger charge is -2.32. The number of nitrogens with one attached hydrogen (secondary N) is 2. The quantitative estimate of drug-likeness (QED) is 0.737. The molecule has 2 amide bonds. The molecule has 1 aliphatic heterocycles. The third-order valence-corrected chi connectivity index (χ3v) is 3.61. The minimum absolute atomic E-state index is 0.226. The van der Waals surface area contributed by atoms with Crippen molar-refractivity contribution >= 4 is 17.7 Å². The molecule has 3 N–H and O–H groups in total. The van der Waals surface area contributed by atoms with Gasteiger partial charge in [-0.3, -0.25) is 9.48 Å². The molecular weight excluding hydrogens is 274 g/mol. The van der Waals surface area contributed by atoms with Crippen LogP contribution in [0.15, 0.2) is 12.4 Å². The van der Waals surface area contributed by atoms with Crippen molar-refractivity contribution in [3.05, 3.63) is 12.4 Å². The van der Waals surface area contributed by atoms with Crippen LogP contribution >= 0.6 is 0 Å². The largest absolute Gasteiger partial charge is 0.480 e. The minimum Gasteiger partial charge on any atom is -0.480 e. The first-order valence-electron chi connectivity index (χ1n) is 7.04. The highest BCUT2D eigenvalue weighted by Gasteiger charge is 2.19. The summed E-state index contributed by atoms with van der Waals surface area (Å²) in [5.41, 5.74) is 0.478. The number of hydrogen-bond donors (Lipinski definition) is 3. The lowest BCUT2D eigenvalue weighted by Crippen LogP contribution is -2.45. The monoisotopic (exact) mass is 295 g/mol. The molecule has 1 atom stereocenters. The van der Waals surface area contributed by atoms with Crippen LogP contribution in [0.3, 0.4) is 0 Å². The smallest absolute Gasteiger partial charge is 0.325 e. The maximum absolute atomic E-state index is 11.8. The van der Waals surface area contributed by atoms with Crippen LogP contribution in [0.25, 0.3) is 0 Å². The van der Waals surface area contributed by atoms with Crippen molar-refractivity contribution in [3.63, 3.8) is 0 Å². The van der Waals surface area contributed by atoms with Gasteiger partial charge in [0.1, 0.15) is 6.54 Å². The van der Waals surface area contributed by atoms with Gasteiger partial charge in [-0.2, -0.15) is 5.10 Å². The van der Waals surface area contributed by atoms with E-state index in [1.54, 1.807) is 0 Å². The van der Waals surface area contributed by atoms with E-state index in [9.17, 15) is 9.59 Å². The number of carbonyl (C=O) groups is 2. The van der Waals surface area contributed by atoms with Gasteiger partial charge in [0.05, 0.1) is 11.9 Å². The lowest BCUT2D eigenvalue weighted by atomic mass is 10.0. The summed E-state index contributed by atoms with van der Waals surface area (Å²) in [4.78, 5) is 24.6. The Morgan fingerprint density at radius 3 is 3.00 bits per heavy atom. The highest BCUT2D eigenvalue weighted by Crippen LogP contribution is 2.14. The number of urea groups is 1. The number of piperidine rings is 1. The summed E-state index contributed by atoms with van der Waals surface area (Å²) in [5.74, 6) is -0.977. The molecule has 0 radical (unpaired) electrons. The Morgan fingerprint density at radius 2 is 2.29 bits per heavy atom. The summed E-state index contributed by atoms with van der Waals surface area (Å²) in [7, 11) is 2.07. The fourth-order valence-electron chi connectivity index (χ4n) is 2.44. The Labute approximate surface area is 123 Å². The second-order valence-corrected chi connectivity index (χ2v) is 5.29. The van der Waals surface area contributed by atoms with E-state index in [4.69, 9.17) is 5.11 Å². The normalized spacial score (nSPS) is 19.2. The number of likely N-dealkylation sites (tertiary alicyclic amines) is 1. The first kappa shape index (κ1) is 15.3. The van der Waals surface area contributed by atoms with Gasteiger partial charge < -0.3 is 20.6 Å². The zero-order chi connectivity index (χ0) is 15.2. The molecule has 0 aliphatic carbocycles. The molecule has 8 heteroatoms. The molecule has 1 saturated heterocycles. The molecule has 1 aromatic rings. The van der Waals surface area contributed by atoms with Crippen molar-refractivity contribution in [2.45, 2.75) is 31.8 Å². The zero-order valence-corrected chi connectivity index (χ0v) is 12.1. The number of aliphatic carboxylic acids is 1. The highest BCUT2D eigenvalue weighted by molar-refractivity contribution is 5.88. The van der Waals surface area contributed by atoms with Crippen LogP contribution in [-0.4, -0.2) is 58.0 Å². The molecular formula is C13H21N5O3. The summed E-state index contributed by atoms with van der Waals surface area (Å²) < 4.78 is 1.26. The van der Waals surface area contributed by atoms with Crippen LogP contribution < -0.4 is 10.6 Å². The highest BCUT2D eigenvalue weighted by atomic mass is 16.4. The second-order valence-electron chi connectivity index (χ2n) is 5.29. The second kappa shape index (κ2) is 7.07. The van der Waals surface area contributed by atoms with E-state index in [1.807, 2.05) is 0 Å². The number of rotatable bonds is 5. The summed E-state index contributed by atoms with van der Waals surface area (Å²) in [6.07, 6.45) is 6.41. The maximum atomic E-state index is 11.8. The first-order valence-corrected chi connectivity index (χ1v) is 7.04. The van der Waals surface area contributed by atoms with Gasteiger partial charge in [0.15, 0.2) is 0 Å². The van der Waals surface area contributed by atoms with Gasteiger partial charge in [-0.25, -0.2) is 4.79 Å². The molecule has 1 fully saturated rings. The number of aromatic nitrogens is 2. The van der Waals surface area contributed by atoms with E-state index in [-0.39, 0.29) is 12.6 Å². The number of amides is 2. The molecule has 0 bridgehead atoms. The molecule has 1 unspecified atom stereocenters. The fraction of sp³-hybridized carbons (Fsp3) is 0.615. The van der Waals surface area contributed by atoms with E-state index < -0.39 is 5.97 Å². The van der Waals surface area contributed by atoms with Crippen molar-refractivity contribution in [2.75, 3.05) is 25.5 Å². The van der Waals surface area contributed by atoms with Crippen LogP contribution in [0.5, 0.6) is 0 Å². The predicted octanol–water partition coefficient (Wildman–Crippen LogP) is 0.574. The number of carbonyl (C=O) groups excluding carboxylic acids is 1. The number of likely N-dealkylation sites (N-methyl/N-ethyl adjacent to an activating group) is 1. The van der Waals surface area contributed by atoms with Crippen molar-refractivity contribution in [3.8, 4) is 0 Å². The minimum atomic E-state index is -0.977.